The first kappa shape index (κ1) is 15.5. The number of carbonyl (C=O) groups is 4. The van der Waals surface area contributed by atoms with E-state index in [0.717, 1.165) is 6.92 Å². The van der Waals surface area contributed by atoms with E-state index < -0.39 is 17.7 Å². The van der Waals surface area contributed by atoms with Crippen LogP contribution in [0.3, 0.4) is 0 Å². The Labute approximate surface area is 86.2 Å². The van der Waals surface area contributed by atoms with Crippen LogP contribution in [0.15, 0.2) is 12.2 Å². The summed E-state index contributed by atoms with van der Waals surface area (Å²) >= 11 is 0. The van der Waals surface area contributed by atoms with Crippen LogP contribution in [0.1, 0.15) is 20.3 Å². The van der Waals surface area contributed by atoms with Crippen LogP contribution in [0.2, 0.25) is 0 Å². The molecule has 0 radical (unpaired) electrons. The third kappa shape index (κ3) is 12.0. The molecule has 0 bridgehead atoms. The fourth-order valence-electron chi connectivity index (χ4n) is 0.364. The Bertz CT molecular complexity index is 274. The van der Waals surface area contributed by atoms with Crippen molar-refractivity contribution in [3.05, 3.63) is 12.2 Å². The summed E-state index contributed by atoms with van der Waals surface area (Å²) in [5, 5.41) is 15.9. The summed E-state index contributed by atoms with van der Waals surface area (Å²) in [4.78, 5) is 39.4. The number of hydrogen-bond acceptors (Lipinski definition) is 4. The molecule has 0 unspecified atom stereocenters. The van der Waals surface area contributed by atoms with Gasteiger partial charge in [-0.1, -0.05) is 6.58 Å². The minimum atomic E-state index is -1.25. The summed E-state index contributed by atoms with van der Waals surface area (Å²) in [6, 6.07) is 0. The Morgan fingerprint density at radius 1 is 1.07 bits per heavy atom. The van der Waals surface area contributed by atoms with E-state index >= 15 is 0 Å². The lowest BCUT2D eigenvalue weighted by Gasteiger charge is -1.87. The predicted octanol–water partition coefficient (Wildman–Crippen LogP) is 0.266. The maximum atomic E-state index is 10.1. The lowest BCUT2D eigenvalue weighted by Crippen LogP contribution is -2.06. The fraction of sp³-hybridized carbons (Fsp3) is 0.333. The fourth-order valence-corrected chi connectivity index (χ4v) is 0.364. The standard InChI is InChI=1S/C5H6O3.C4H6O3/c1-3(4(2)6)5(7)8;1-3(5)2-4(6)7/h1H2,2H3,(H,7,8);2H2,1H3,(H,6,7). The van der Waals surface area contributed by atoms with Crippen molar-refractivity contribution in [2.24, 2.45) is 0 Å². The Hall–Kier alpha value is -1.98. The molecule has 0 aliphatic heterocycles. The molecule has 6 heteroatoms. The number of Topliss-reactive ketones (excluding diaryl/α,β-unsaturated/α-hetero) is 2. The number of carbonyl (C=O) groups excluding carboxylic acids is 2. The number of carboxylic acids is 2. The van der Waals surface area contributed by atoms with Crippen molar-refractivity contribution in [1.82, 2.24) is 0 Å². The molecular formula is C9H12O6. The van der Waals surface area contributed by atoms with Gasteiger partial charge in [0.1, 0.15) is 12.2 Å². The molecule has 0 atom stereocenters. The summed E-state index contributed by atoms with van der Waals surface area (Å²) in [7, 11) is 0. The van der Waals surface area contributed by atoms with Crippen molar-refractivity contribution >= 4 is 23.5 Å². The van der Waals surface area contributed by atoms with Crippen molar-refractivity contribution in [3.63, 3.8) is 0 Å². The van der Waals surface area contributed by atoms with E-state index in [0.29, 0.717) is 0 Å². The van der Waals surface area contributed by atoms with Gasteiger partial charge >= 0.3 is 11.9 Å². The van der Waals surface area contributed by atoms with Gasteiger partial charge in [0, 0.05) is 0 Å². The lowest BCUT2D eigenvalue weighted by atomic mass is 10.2. The first-order valence-electron chi connectivity index (χ1n) is 3.82. The molecule has 0 aromatic rings. The van der Waals surface area contributed by atoms with Crippen LogP contribution < -0.4 is 0 Å². The Balaban J connectivity index is 0. The maximum Gasteiger partial charge on any atom is 0.338 e. The minimum absolute atomic E-state index is 0.312. The Kier molecular flexibility index (Phi) is 7.67. The molecule has 0 aromatic heterocycles. The lowest BCUT2D eigenvalue weighted by molar-refractivity contribution is -0.140. The molecule has 0 aliphatic rings. The van der Waals surface area contributed by atoms with Gasteiger partial charge in [-0.25, -0.2) is 4.79 Å². The largest absolute Gasteiger partial charge is 0.481 e. The van der Waals surface area contributed by atoms with Gasteiger partial charge in [0.05, 0.1) is 5.57 Å². The van der Waals surface area contributed by atoms with Crippen LogP contribution in [-0.4, -0.2) is 33.7 Å². The smallest absolute Gasteiger partial charge is 0.338 e. The van der Waals surface area contributed by atoms with E-state index in [4.69, 9.17) is 10.2 Å². The summed E-state index contributed by atoms with van der Waals surface area (Å²) < 4.78 is 0. The zero-order chi connectivity index (χ0) is 12.6. The molecule has 0 saturated heterocycles. The van der Waals surface area contributed by atoms with Crippen molar-refractivity contribution in [3.8, 4) is 0 Å². The second-order valence-electron chi connectivity index (χ2n) is 2.61. The van der Waals surface area contributed by atoms with Crippen LogP contribution in [-0.2, 0) is 19.2 Å². The average Bonchev–Trinajstić information content (AvgIpc) is 2.00. The summed E-state index contributed by atoms with van der Waals surface area (Å²) in [5.41, 5.74) is -0.370. The molecule has 0 saturated carbocycles. The van der Waals surface area contributed by atoms with E-state index in [1.165, 1.54) is 6.92 Å². The topological polar surface area (TPSA) is 109 Å². The summed E-state index contributed by atoms with van der Waals surface area (Å²) in [5.74, 6) is -3.13. The highest BCUT2D eigenvalue weighted by Gasteiger charge is 2.07. The van der Waals surface area contributed by atoms with Crippen molar-refractivity contribution in [1.29, 1.82) is 0 Å². The maximum absolute atomic E-state index is 10.1. The molecule has 6 nitrogen and oxygen atoms in total. The minimum Gasteiger partial charge on any atom is -0.481 e. The second-order valence-corrected chi connectivity index (χ2v) is 2.61. The average molecular weight is 216 g/mol. The molecule has 0 rings (SSSR count). The molecule has 84 valence electrons. The van der Waals surface area contributed by atoms with Gasteiger partial charge in [0.25, 0.3) is 0 Å². The molecule has 0 aromatic carbocycles. The van der Waals surface area contributed by atoms with E-state index in [1.54, 1.807) is 0 Å². The van der Waals surface area contributed by atoms with E-state index in [-0.39, 0.29) is 17.8 Å². The van der Waals surface area contributed by atoms with Crippen molar-refractivity contribution in [2.45, 2.75) is 20.3 Å². The molecular weight excluding hydrogens is 204 g/mol. The van der Waals surface area contributed by atoms with Crippen molar-refractivity contribution in [2.75, 3.05) is 0 Å². The molecule has 0 fully saturated rings. The number of ketones is 2. The predicted molar refractivity (Wildman–Crippen MR) is 50.4 cm³/mol. The Morgan fingerprint density at radius 2 is 1.47 bits per heavy atom. The van der Waals surface area contributed by atoms with Crippen LogP contribution in [0.25, 0.3) is 0 Å². The third-order valence-corrected chi connectivity index (χ3v) is 1.08. The monoisotopic (exact) mass is 216 g/mol. The molecule has 0 aliphatic carbocycles. The van der Waals surface area contributed by atoms with E-state index in [9.17, 15) is 19.2 Å². The number of rotatable bonds is 4. The van der Waals surface area contributed by atoms with Gasteiger partial charge in [-0.2, -0.15) is 0 Å². The SMILES string of the molecule is C=C(C(C)=O)C(=O)O.CC(=O)CC(=O)O. The first-order valence-corrected chi connectivity index (χ1v) is 3.82. The highest BCUT2D eigenvalue weighted by molar-refractivity contribution is 6.14. The highest BCUT2D eigenvalue weighted by Crippen LogP contribution is 1.88. The van der Waals surface area contributed by atoms with Gasteiger partial charge < -0.3 is 10.2 Å². The van der Waals surface area contributed by atoms with Gasteiger partial charge in [-0.3, -0.25) is 14.4 Å². The number of hydrogen-bond donors (Lipinski definition) is 2. The van der Waals surface area contributed by atoms with E-state index in [2.05, 4.69) is 6.58 Å². The van der Waals surface area contributed by atoms with Crippen LogP contribution in [0, 0.1) is 0 Å². The quantitative estimate of drug-likeness (QED) is 0.396. The van der Waals surface area contributed by atoms with Gasteiger partial charge in [0.2, 0.25) is 0 Å². The van der Waals surface area contributed by atoms with Gasteiger partial charge in [-0.15, -0.1) is 0 Å². The third-order valence-electron chi connectivity index (χ3n) is 1.08. The molecule has 2 N–H and O–H groups in total. The number of carboxylic acid groups (broad SMARTS) is 2. The normalized spacial score (nSPS) is 8.13. The second kappa shape index (κ2) is 7.43. The molecule has 0 spiro atoms. The van der Waals surface area contributed by atoms with Crippen LogP contribution >= 0.6 is 0 Å². The zero-order valence-electron chi connectivity index (χ0n) is 8.44. The zero-order valence-corrected chi connectivity index (χ0v) is 8.44. The molecule has 0 heterocycles. The van der Waals surface area contributed by atoms with Gasteiger partial charge in [-0.05, 0) is 13.8 Å². The first-order chi connectivity index (χ1) is 6.68. The van der Waals surface area contributed by atoms with Crippen LogP contribution in [0.4, 0.5) is 0 Å². The van der Waals surface area contributed by atoms with E-state index in [1.807, 2.05) is 0 Å². The summed E-state index contributed by atoms with van der Waals surface area (Å²) in [6.07, 6.45) is -0.361. The van der Waals surface area contributed by atoms with Crippen molar-refractivity contribution < 1.29 is 29.4 Å². The molecule has 0 amide bonds. The van der Waals surface area contributed by atoms with Crippen LogP contribution in [0.5, 0.6) is 0 Å². The van der Waals surface area contributed by atoms with Gasteiger partial charge in [0.15, 0.2) is 5.78 Å². The highest BCUT2D eigenvalue weighted by atomic mass is 16.4. The Morgan fingerprint density at radius 3 is 1.47 bits per heavy atom. The summed E-state index contributed by atoms with van der Waals surface area (Å²) in [6.45, 7) is 5.41. The molecule has 15 heavy (non-hydrogen) atoms. The number of aliphatic carboxylic acids is 2.